The summed E-state index contributed by atoms with van der Waals surface area (Å²) in [4.78, 5) is 2.64. The molecule has 3 aromatic heterocycles. The molecule has 0 unspecified atom stereocenters. The van der Waals surface area contributed by atoms with Crippen LogP contribution in [-0.2, 0) is 0 Å². The van der Waals surface area contributed by atoms with Crippen LogP contribution in [0.4, 0.5) is 0 Å². The third-order valence-corrected chi connectivity index (χ3v) is 4.30. The van der Waals surface area contributed by atoms with Crippen molar-refractivity contribution in [2.75, 3.05) is 0 Å². The van der Waals surface area contributed by atoms with Gasteiger partial charge in [-0.15, -0.1) is 22.7 Å². The molecule has 66 valence electrons. The molecule has 3 rings (SSSR count). The molecule has 0 aliphatic rings. The Morgan fingerprint density at radius 2 is 1.38 bits per heavy atom. The average Bonchev–Trinajstić information content (AvgIpc) is 2.60. The van der Waals surface area contributed by atoms with Gasteiger partial charge in [-0.25, -0.2) is 0 Å². The van der Waals surface area contributed by atoms with E-state index in [0.29, 0.717) is 0 Å². The molecule has 0 radical (unpaired) electrons. The van der Waals surface area contributed by atoms with E-state index >= 15 is 0 Å². The molecule has 0 saturated carbocycles. The van der Waals surface area contributed by atoms with Crippen LogP contribution in [0.2, 0.25) is 0 Å². The Hall–Kier alpha value is -0.800. The Morgan fingerprint density at radius 1 is 0.923 bits per heavy atom. The van der Waals surface area contributed by atoms with Crippen molar-refractivity contribution in [1.29, 1.82) is 0 Å². The summed E-state index contributed by atoms with van der Waals surface area (Å²) >= 11 is 3.64. The summed E-state index contributed by atoms with van der Waals surface area (Å²) in [6, 6.07) is 4.23. The molecule has 0 bridgehead atoms. The number of rotatable bonds is 0. The highest BCUT2D eigenvalue weighted by molar-refractivity contribution is 7.27. The third kappa shape index (κ3) is 0.974. The van der Waals surface area contributed by atoms with Gasteiger partial charge in [0.15, 0.2) is 0 Å². The van der Waals surface area contributed by atoms with Gasteiger partial charge in [0.25, 0.3) is 0 Å². The lowest BCUT2D eigenvalue weighted by atomic mass is 10.4. The number of hydrogen-bond donors (Lipinski definition) is 0. The van der Waals surface area contributed by atoms with E-state index in [-0.39, 0.29) is 0 Å². The highest BCUT2D eigenvalue weighted by atomic mass is 32.1. The van der Waals surface area contributed by atoms with Crippen molar-refractivity contribution < 1.29 is 4.42 Å². The second-order valence-electron chi connectivity index (χ2n) is 3.20. The monoisotopic (exact) mass is 208 g/mol. The van der Waals surface area contributed by atoms with Gasteiger partial charge in [-0.1, -0.05) is 0 Å². The molecule has 0 amide bonds. The third-order valence-electron chi connectivity index (χ3n) is 2.07. The van der Waals surface area contributed by atoms with Crippen LogP contribution >= 0.6 is 22.7 Å². The normalized spacial score (nSPS) is 11.8. The Kier molecular flexibility index (Phi) is 1.38. The van der Waals surface area contributed by atoms with E-state index in [4.69, 9.17) is 4.42 Å². The average molecular weight is 208 g/mol. The smallest absolute Gasteiger partial charge is 0.147 e. The fourth-order valence-corrected chi connectivity index (χ4v) is 3.58. The Bertz CT molecular complexity index is 531. The highest BCUT2D eigenvalue weighted by Gasteiger charge is 2.11. The minimum absolute atomic E-state index is 1.05. The van der Waals surface area contributed by atoms with Crippen LogP contribution in [0.15, 0.2) is 16.5 Å². The Morgan fingerprint density at radius 3 is 1.85 bits per heavy atom. The van der Waals surface area contributed by atoms with Gasteiger partial charge in [-0.3, -0.25) is 0 Å². The number of furan rings is 1. The number of thiophene rings is 2. The zero-order chi connectivity index (χ0) is 9.00. The Labute approximate surface area is 83.6 Å². The van der Waals surface area contributed by atoms with Gasteiger partial charge >= 0.3 is 0 Å². The molecular weight excluding hydrogens is 200 g/mol. The first kappa shape index (κ1) is 7.59. The van der Waals surface area contributed by atoms with Crippen LogP contribution in [0.25, 0.3) is 20.6 Å². The van der Waals surface area contributed by atoms with E-state index in [2.05, 4.69) is 26.0 Å². The fourth-order valence-electron chi connectivity index (χ4n) is 1.57. The first-order valence-electron chi connectivity index (χ1n) is 4.13. The molecule has 0 aliphatic heterocycles. The summed E-state index contributed by atoms with van der Waals surface area (Å²) in [5, 5.41) is 0. The maximum absolute atomic E-state index is 5.71. The summed E-state index contributed by atoms with van der Waals surface area (Å²) < 4.78 is 8.34. The lowest BCUT2D eigenvalue weighted by Crippen LogP contribution is -1.51. The van der Waals surface area contributed by atoms with E-state index in [9.17, 15) is 0 Å². The molecule has 0 aliphatic carbocycles. The van der Waals surface area contributed by atoms with E-state index in [1.54, 1.807) is 0 Å². The van der Waals surface area contributed by atoms with Crippen LogP contribution in [-0.4, -0.2) is 0 Å². The molecule has 0 spiro atoms. The lowest BCUT2D eigenvalue weighted by Gasteiger charge is -1.75. The summed E-state index contributed by atoms with van der Waals surface area (Å²) in [6.45, 7) is 4.24. The minimum Gasteiger partial charge on any atom is -0.454 e. The number of fused-ring (bicyclic) bond motifs is 3. The number of aryl methyl sites for hydroxylation is 2. The van der Waals surface area contributed by atoms with Crippen molar-refractivity contribution in [3.05, 3.63) is 21.9 Å². The van der Waals surface area contributed by atoms with Crippen LogP contribution in [0, 0.1) is 13.8 Å². The molecule has 0 saturated heterocycles. The molecule has 0 atom stereocenters. The van der Waals surface area contributed by atoms with Crippen molar-refractivity contribution in [3.63, 3.8) is 0 Å². The number of hydrogen-bond acceptors (Lipinski definition) is 3. The molecule has 13 heavy (non-hydrogen) atoms. The van der Waals surface area contributed by atoms with E-state index in [1.807, 2.05) is 22.7 Å². The van der Waals surface area contributed by atoms with Gasteiger partial charge in [0.1, 0.15) is 11.2 Å². The predicted molar refractivity (Wildman–Crippen MR) is 58.9 cm³/mol. The maximum Gasteiger partial charge on any atom is 0.147 e. The first-order valence-corrected chi connectivity index (χ1v) is 5.76. The summed E-state index contributed by atoms with van der Waals surface area (Å²) in [5.41, 5.74) is 2.09. The van der Waals surface area contributed by atoms with Gasteiger partial charge in [0.2, 0.25) is 0 Å². The molecule has 1 nitrogen and oxygen atoms in total. The fraction of sp³-hybridized carbons (Fsp3) is 0.200. The summed E-state index contributed by atoms with van der Waals surface area (Å²) in [6.07, 6.45) is 0. The zero-order valence-electron chi connectivity index (χ0n) is 7.38. The highest BCUT2D eigenvalue weighted by Crippen LogP contribution is 2.39. The van der Waals surface area contributed by atoms with Crippen molar-refractivity contribution in [3.8, 4) is 0 Å². The summed E-state index contributed by atoms with van der Waals surface area (Å²) in [5.74, 6) is 0. The van der Waals surface area contributed by atoms with Gasteiger partial charge in [-0.2, -0.15) is 0 Å². The minimum atomic E-state index is 1.05. The molecular formula is C10H8OS2. The molecule has 3 heterocycles. The molecule has 3 aromatic rings. The van der Waals surface area contributed by atoms with Gasteiger partial charge in [0, 0.05) is 9.75 Å². The van der Waals surface area contributed by atoms with E-state index in [0.717, 1.165) is 11.2 Å². The van der Waals surface area contributed by atoms with Crippen molar-refractivity contribution in [2.45, 2.75) is 13.8 Å². The van der Waals surface area contributed by atoms with Crippen LogP contribution in [0.1, 0.15) is 9.75 Å². The standard InChI is InChI=1S/C10H8OS2/c1-5-3-7-9(12-5)10-8(11-7)4-6(2)13-10/h3-4H,1-2H3. The molecule has 0 aromatic carbocycles. The SMILES string of the molecule is Cc1cc2oc3cc(C)sc3c2s1. The van der Waals surface area contributed by atoms with Crippen molar-refractivity contribution in [1.82, 2.24) is 0 Å². The van der Waals surface area contributed by atoms with Crippen molar-refractivity contribution >= 4 is 43.2 Å². The zero-order valence-corrected chi connectivity index (χ0v) is 9.01. The molecule has 0 fully saturated rings. The van der Waals surface area contributed by atoms with E-state index in [1.165, 1.54) is 19.2 Å². The molecule has 3 heteroatoms. The van der Waals surface area contributed by atoms with Crippen molar-refractivity contribution in [2.24, 2.45) is 0 Å². The maximum atomic E-state index is 5.71. The molecule has 0 N–H and O–H groups in total. The van der Waals surface area contributed by atoms with Crippen LogP contribution in [0.5, 0.6) is 0 Å². The lowest BCUT2D eigenvalue weighted by molar-refractivity contribution is 0.670. The van der Waals surface area contributed by atoms with Gasteiger partial charge < -0.3 is 4.42 Å². The first-order chi connectivity index (χ1) is 6.24. The Balaban J connectivity index is 2.56. The largest absolute Gasteiger partial charge is 0.454 e. The van der Waals surface area contributed by atoms with Crippen LogP contribution in [0.3, 0.4) is 0 Å². The summed E-state index contributed by atoms with van der Waals surface area (Å²) in [7, 11) is 0. The predicted octanol–water partition coefficient (Wildman–Crippen LogP) is 4.33. The quantitative estimate of drug-likeness (QED) is 0.536. The van der Waals surface area contributed by atoms with E-state index < -0.39 is 0 Å². The van der Waals surface area contributed by atoms with Gasteiger partial charge in [0.05, 0.1) is 9.40 Å². The topological polar surface area (TPSA) is 13.1 Å². The van der Waals surface area contributed by atoms with Crippen LogP contribution < -0.4 is 0 Å². The second-order valence-corrected chi connectivity index (χ2v) is 5.72. The van der Waals surface area contributed by atoms with Gasteiger partial charge in [-0.05, 0) is 26.0 Å². The second kappa shape index (κ2) is 2.36.